The van der Waals surface area contributed by atoms with Gasteiger partial charge in [-0.15, -0.1) is 0 Å². The summed E-state index contributed by atoms with van der Waals surface area (Å²) in [5.74, 6) is 0.0731. The number of nitrogens with one attached hydrogen (secondary N) is 1. The first-order valence-electron chi connectivity index (χ1n) is 8.36. The van der Waals surface area contributed by atoms with Crippen LogP contribution in [-0.2, 0) is 22.6 Å². The molecule has 0 bridgehead atoms. The number of aromatic nitrogens is 2. The van der Waals surface area contributed by atoms with E-state index in [0.717, 1.165) is 22.2 Å². The Hall–Kier alpha value is -3.15. The zero-order chi connectivity index (χ0) is 18.7. The molecule has 1 heterocycles. The van der Waals surface area contributed by atoms with Crippen molar-refractivity contribution in [2.24, 2.45) is 0 Å². The molecular formula is C20H21N3O3. The Labute approximate surface area is 151 Å². The highest BCUT2D eigenvalue weighted by Crippen LogP contribution is 2.17. The van der Waals surface area contributed by atoms with E-state index in [2.05, 4.69) is 10.3 Å². The quantitative estimate of drug-likeness (QED) is 0.718. The number of hydrogen-bond acceptors (Lipinski definition) is 4. The van der Waals surface area contributed by atoms with Crippen LogP contribution in [0.4, 0.5) is 0 Å². The van der Waals surface area contributed by atoms with Crippen molar-refractivity contribution in [3.63, 3.8) is 0 Å². The molecule has 0 aliphatic rings. The van der Waals surface area contributed by atoms with Crippen LogP contribution in [0.1, 0.15) is 27.3 Å². The number of nitrogens with zero attached hydrogens (tertiary/aromatic N) is 2. The number of amides is 1. The largest absolute Gasteiger partial charge is 0.468 e. The average Bonchev–Trinajstić information content (AvgIpc) is 2.97. The molecule has 26 heavy (non-hydrogen) atoms. The average molecular weight is 351 g/mol. The lowest BCUT2D eigenvalue weighted by Gasteiger charge is -2.10. The molecule has 0 atom stereocenters. The maximum Gasteiger partial charge on any atom is 0.325 e. The van der Waals surface area contributed by atoms with Gasteiger partial charge in [-0.25, -0.2) is 4.98 Å². The minimum absolute atomic E-state index is 0.0474. The van der Waals surface area contributed by atoms with Crippen LogP contribution in [0.3, 0.4) is 0 Å². The van der Waals surface area contributed by atoms with E-state index >= 15 is 0 Å². The van der Waals surface area contributed by atoms with Crippen molar-refractivity contribution >= 4 is 22.9 Å². The molecule has 6 heteroatoms. The van der Waals surface area contributed by atoms with E-state index in [9.17, 15) is 9.59 Å². The fourth-order valence-corrected chi connectivity index (χ4v) is 2.95. The van der Waals surface area contributed by atoms with Gasteiger partial charge >= 0.3 is 5.97 Å². The topological polar surface area (TPSA) is 73.2 Å². The molecule has 0 aliphatic carbocycles. The third-order valence-electron chi connectivity index (χ3n) is 4.28. The van der Waals surface area contributed by atoms with Gasteiger partial charge in [0.1, 0.15) is 12.4 Å². The molecule has 3 rings (SSSR count). The van der Waals surface area contributed by atoms with Gasteiger partial charge in [0.2, 0.25) is 0 Å². The fourth-order valence-electron chi connectivity index (χ4n) is 2.95. The maximum absolute atomic E-state index is 12.5. The van der Waals surface area contributed by atoms with Gasteiger partial charge in [0.15, 0.2) is 0 Å². The third-order valence-corrected chi connectivity index (χ3v) is 4.28. The Morgan fingerprint density at radius 2 is 1.92 bits per heavy atom. The Bertz CT molecular complexity index is 976. The predicted octanol–water partition coefficient (Wildman–Crippen LogP) is 2.76. The second-order valence-electron chi connectivity index (χ2n) is 6.18. The first-order chi connectivity index (χ1) is 12.5. The number of carbonyl (C=O) groups excluding carboxylic acids is 2. The van der Waals surface area contributed by atoms with Crippen LogP contribution < -0.4 is 5.32 Å². The number of methoxy groups -OCH3 is 1. The van der Waals surface area contributed by atoms with E-state index in [1.54, 1.807) is 4.57 Å². The molecule has 134 valence electrons. The highest BCUT2D eigenvalue weighted by molar-refractivity contribution is 5.95. The van der Waals surface area contributed by atoms with Gasteiger partial charge in [0.25, 0.3) is 5.91 Å². The molecule has 0 saturated heterocycles. The van der Waals surface area contributed by atoms with Crippen LogP contribution in [0.5, 0.6) is 0 Å². The van der Waals surface area contributed by atoms with E-state index < -0.39 is 0 Å². The van der Waals surface area contributed by atoms with E-state index in [0.29, 0.717) is 11.4 Å². The van der Waals surface area contributed by atoms with Crippen LogP contribution >= 0.6 is 0 Å². The van der Waals surface area contributed by atoms with Crippen LogP contribution in [-0.4, -0.2) is 28.5 Å². The highest BCUT2D eigenvalue weighted by atomic mass is 16.5. The minimum Gasteiger partial charge on any atom is -0.468 e. The lowest BCUT2D eigenvalue weighted by Crippen LogP contribution is -2.26. The summed E-state index contributed by atoms with van der Waals surface area (Å²) >= 11 is 0. The molecule has 0 saturated carbocycles. The predicted molar refractivity (Wildman–Crippen MR) is 98.8 cm³/mol. The summed E-state index contributed by atoms with van der Waals surface area (Å²) in [6, 6.07) is 13.2. The summed E-state index contributed by atoms with van der Waals surface area (Å²) in [4.78, 5) is 28.8. The number of para-hydroxylation sites is 2. The molecule has 2 aromatic carbocycles. The molecule has 0 fully saturated rings. The number of imidazole rings is 1. The van der Waals surface area contributed by atoms with Crippen molar-refractivity contribution in [3.8, 4) is 0 Å². The zero-order valence-electron chi connectivity index (χ0n) is 15.1. The van der Waals surface area contributed by atoms with E-state index in [1.165, 1.54) is 7.11 Å². The van der Waals surface area contributed by atoms with E-state index in [4.69, 9.17) is 4.74 Å². The van der Waals surface area contributed by atoms with Crippen LogP contribution in [0.15, 0.2) is 42.5 Å². The van der Waals surface area contributed by atoms with Gasteiger partial charge < -0.3 is 14.6 Å². The van der Waals surface area contributed by atoms with Crippen LogP contribution in [0.25, 0.3) is 11.0 Å². The molecule has 3 aromatic rings. The van der Waals surface area contributed by atoms with E-state index in [1.807, 2.05) is 56.3 Å². The number of aryl methyl sites for hydroxylation is 2. The van der Waals surface area contributed by atoms with Gasteiger partial charge in [0, 0.05) is 5.56 Å². The lowest BCUT2D eigenvalue weighted by molar-refractivity contribution is -0.141. The first kappa shape index (κ1) is 17.7. The monoisotopic (exact) mass is 351 g/mol. The smallest absolute Gasteiger partial charge is 0.325 e. The SMILES string of the molecule is COC(=O)Cn1c(CNC(=O)c2ccc(C)cc2C)nc2ccccc21. The van der Waals surface area contributed by atoms with Gasteiger partial charge in [-0.2, -0.15) is 0 Å². The molecule has 1 amide bonds. The Morgan fingerprint density at radius 1 is 1.15 bits per heavy atom. The Balaban J connectivity index is 1.85. The molecule has 1 N–H and O–H groups in total. The lowest BCUT2D eigenvalue weighted by atomic mass is 10.1. The third kappa shape index (κ3) is 3.59. The molecule has 0 aliphatic heterocycles. The normalized spacial score (nSPS) is 10.7. The van der Waals surface area contributed by atoms with Crippen LogP contribution in [0, 0.1) is 13.8 Å². The maximum atomic E-state index is 12.5. The second kappa shape index (κ2) is 7.39. The summed E-state index contributed by atoms with van der Waals surface area (Å²) in [6.45, 7) is 4.17. The van der Waals surface area contributed by atoms with Crippen molar-refractivity contribution in [2.45, 2.75) is 26.9 Å². The second-order valence-corrected chi connectivity index (χ2v) is 6.18. The first-order valence-corrected chi connectivity index (χ1v) is 8.36. The number of fused-ring (bicyclic) bond motifs is 1. The number of rotatable bonds is 5. The highest BCUT2D eigenvalue weighted by Gasteiger charge is 2.15. The summed E-state index contributed by atoms with van der Waals surface area (Å²) in [5.41, 5.74) is 4.26. The summed E-state index contributed by atoms with van der Waals surface area (Å²) in [5, 5.41) is 2.89. The van der Waals surface area contributed by atoms with Crippen molar-refractivity contribution < 1.29 is 14.3 Å². The summed E-state index contributed by atoms with van der Waals surface area (Å²) in [7, 11) is 1.35. The minimum atomic E-state index is -0.366. The van der Waals surface area contributed by atoms with Gasteiger partial charge in [-0.1, -0.05) is 29.8 Å². The van der Waals surface area contributed by atoms with Crippen molar-refractivity contribution in [3.05, 3.63) is 65.0 Å². The Kier molecular flexibility index (Phi) is 5.02. The molecule has 0 radical (unpaired) electrons. The fraction of sp³-hybridized carbons (Fsp3) is 0.250. The number of carbonyl (C=O) groups is 2. The van der Waals surface area contributed by atoms with Crippen molar-refractivity contribution in [2.75, 3.05) is 7.11 Å². The van der Waals surface area contributed by atoms with Gasteiger partial charge in [-0.05, 0) is 37.6 Å². The van der Waals surface area contributed by atoms with Gasteiger partial charge in [-0.3, -0.25) is 9.59 Å². The number of ether oxygens (including phenoxy) is 1. The number of benzene rings is 2. The molecular weight excluding hydrogens is 330 g/mol. The summed E-state index contributed by atoms with van der Waals surface area (Å²) < 4.78 is 6.54. The Morgan fingerprint density at radius 3 is 2.65 bits per heavy atom. The van der Waals surface area contributed by atoms with E-state index in [-0.39, 0.29) is 25.0 Å². The molecule has 6 nitrogen and oxygen atoms in total. The summed E-state index contributed by atoms with van der Waals surface area (Å²) in [6.07, 6.45) is 0. The van der Waals surface area contributed by atoms with Crippen molar-refractivity contribution in [1.82, 2.24) is 14.9 Å². The number of hydrogen-bond donors (Lipinski definition) is 1. The van der Waals surface area contributed by atoms with Crippen molar-refractivity contribution in [1.29, 1.82) is 0 Å². The molecule has 1 aromatic heterocycles. The molecule has 0 unspecified atom stereocenters. The van der Waals surface area contributed by atoms with Gasteiger partial charge in [0.05, 0.1) is 24.7 Å². The van der Waals surface area contributed by atoms with Crippen LogP contribution in [0.2, 0.25) is 0 Å². The zero-order valence-corrected chi connectivity index (χ0v) is 15.1. The number of esters is 1. The standard InChI is InChI=1S/C20H21N3O3/c1-13-8-9-15(14(2)10-13)20(25)21-11-18-22-16-6-4-5-7-17(16)23(18)12-19(24)26-3/h4-10H,11-12H2,1-3H3,(H,21,25). The molecule has 0 spiro atoms.